The Morgan fingerprint density at radius 1 is 1.34 bits per heavy atom. The van der Waals surface area contributed by atoms with Gasteiger partial charge in [0.15, 0.2) is 0 Å². The smallest absolute Gasteiger partial charge is 0.303 e. The normalized spacial score (nSPS) is 25.2. The van der Waals surface area contributed by atoms with Crippen LogP contribution in [0.15, 0.2) is 36.4 Å². The molecule has 1 saturated carbocycles. The zero-order valence-electron chi connectivity index (χ0n) is 16.9. The van der Waals surface area contributed by atoms with Gasteiger partial charge in [-0.05, 0) is 48.8 Å². The van der Waals surface area contributed by atoms with Crippen LogP contribution in [0.25, 0.3) is 4.85 Å². The molecule has 0 aliphatic heterocycles. The van der Waals surface area contributed by atoms with Crippen molar-refractivity contribution in [2.24, 2.45) is 5.92 Å². The van der Waals surface area contributed by atoms with E-state index in [2.05, 4.69) is 4.85 Å². The minimum atomic E-state index is -0.785. The van der Waals surface area contributed by atoms with Crippen molar-refractivity contribution in [1.29, 1.82) is 0 Å². The van der Waals surface area contributed by atoms with Crippen molar-refractivity contribution in [2.75, 3.05) is 12.0 Å². The Morgan fingerprint density at radius 3 is 2.69 bits per heavy atom. The Morgan fingerprint density at radius 2 is 2.07 bits per heavy atom. The van der Waals surface area contributed by atoms with Crippen molar-refractivity contribution in [3.8, 4) is 0 Å². The number of hydrogen-bond donors (Lipinski definition) is 3. The maximum absolute atomic E-state index is 10.6. The second kappa shape index (κ2) is 12.0. The molecule has 1 aromatic carbocycles. The summed E-state index contributed by atoms with van der Waals surface area (Å²) in [6, 6.07) is 7.59. The minimum absolute atomic E-state index is 0.0329. The molecule has 0 heterocycles. The van der Waals surface area contributed by atoms with Gasteiger partial charge in [-0.15, -0.1) is 0 Å². The number of allylic oxidation sites excluding steroid dienone is 2. The number of carboxylic acid groups (broad SMARTS) is 1. The number of thioether (sulfide) groups is 1. The number of carbonyl (C=O) groups is 1. The Bertz CT molecular complexity index is 713. The molecule has 29 heavy (non-hydrogen) atoms. The molecule has 0 amide bonds. The molecule has 6 heteroatoms. The number of benzene rings is 1. The van der Waals surface area contributed by atoms with Crippen molar-refractivity contribution in [2.45, 2.75) is 62.7 Å². The number of aliphatic carboxylic acids is 1. The van der Waals surface area contributed by atoms with Gasteiger partial charge in [-0.3, -0.25) is 4.79 Å². The van der Waals surface area contributed by atoms with Gasteiger partial charge in [-0.25, -0.2) is 6.57 Å². The molecule has 0 aromatic heterocycles. The van der Waals surface area contributed by atoms with E-state index in [4.69, 9.17) is 11.7 Å². The summed E-state index contributed by atoms with van der Waals surface area (Å²) < 4.78 is 0. The Hall–Kier alpha value is -1.81. The molecule has 0 saturated heterocycles. The number of carboxylic acids is 1. The largest absolute Gasteiger partial charge is 0.481 e. The summed E-state index contributed by atoms with van der Waals surface area (Å²) in [5.74, 6) is 0.0470. The SMILES string of the molecule is [C-]#[N+][C@@H]1C[C@@H](O)C(c2ccc(C(O)CCSC)cc2)C1C/C=C\CCCC(=O)O. The van der Waals surface area contributed by atoms with Crippen molar-refractivity contribution in [3.63, 3.8) is 0 Å². The molecule has 3 N–H and O–H groups in total. The van der Waals surface area contributed by atoms with E-state index in [1.54, 1.807) is 11.8 Å². The molecule has 158 valence electrons. The fourth-order valence-electron chi connectivity index (χ4n) is 4.09. The Balaban J connectivity index is 2.05. The molecule has 1 aliphatic carbocycles. The molecule has 5 atom stereocenters. The topological polar surface area (TPSA) is 82.1 Å². The molecule has 2 rings (SSSR count). The lowest BCUT2D eigenvalue weighted by Gasteiger charge is -2.21. The van der Waals surface area contributed by atoms with Crippen LogP contribution in [0.5, 0.6) is 0 Å². The van der Waals surface area contributed by atoms with Crippen molar-refractivity contribution >= 4 is 17.7 Å². The predicted molar refractivity (Wildman–Crippen MR) is 117 cm³/mol. The van der Waals surface area contributed by atoms with Gasteiger partial charge in [0, 0.05) is 24.7 Å². The zero-order chi connectivity index (χ0) is 21.2. The highest BCUT2D eigenvalue weighted by Gasteiger charge is 2.46. The van der Waals surface area contributed by atoms with Gasteiger partial charge < -0.3 is 20.2 Å². The first-order valence-corrected chi connectivity index (χ1v) is 11.6. The highest BCUT2D eigenvalue weighted by molar-refractivity contribution is 7.98. The number of aliphatic hydroxyl groups excluding tert-OH is 2. The third-order valence-electron chi connectivity index (χ3n) is 5.66. The first-order valence-electron chi connectivity index (χ1n) is 10.2. The quantitative estimate of drug-likeness (QED) is 0.282. The lowest BCUT2D eigenvalue weighted by Crippen LogP contribution is -2.19. The molecule has 0 bridgehead atoms. The molecule has 3 unspecified atom stereocenters. The van der Waals surface area contributed by atoms with Gasteiger partial charge in [0.05, 0.1) is 12.2 Å². The number of unbranched alkanes of at least 4 members (excludes halogenated alkanes) is 1. The third-order valence-corrected chi connectivity index (χ3v) is 6.30. The average molecular weight is 418 g/mol. The first-order chi connectivity index (χ1) is 14.0. The molecule has 5 nitrogen and oxygen atoms in total. The summed E-state index contributed by atoms with van der Waals surface area (Å²) >= 11 is 1.71. The fraction of sp³-hybridized carbons (Fsp3) is 0.565. The molecule has 1 fully saturated rings. The molecule has 0 radical (unpaired) electrons. The van der Waals surface area contributed by atoms with Crippen LogP contribution in [0.4, 0.5) is 0 Å². The maximum atomic E-state index is 10.6. The van der Waals surface area contributed by atoms with Crippen LogP contribution in [0.2, 0.25) is 0 Å². The second-order valence-corrected chi connectivity index (χ2v) is 8.63. The summed E-state index contributed by atoms with van der Waals surface area (Å²) in [6.45, 7) is 7.51. The molecule has 1 aliphatic rings. The molecular formula is C23H31NO4S. The van der Waals surface area contributed by atoms with E-state index in [0.717, 1.165) is 16.9 Å². The third kappa shape index (κ3) is 6.88. The van der Waals surface area contributed by atoms with Crippen LogP contribution >= 0.6 is 11.8 Å². The van der Waals surface area contributed by atoms with Gasteiger partial charge in [0.2, 0.25) is 6.04 Å². The second-order valence-electron chi connectivity index (χ2n) is 7.65. The first kappa shape index (κ1) is 23.5. The number of hydrogen-bond acceptors (Lipinski definition) is 4. The van der Waals surface area contributed by atoms with Crippen LogP contribution in [0, 0.1) is 12.5 Å². The van der Waals surface area contributed by atoms with Crippen LogP contribution in [0.3, 0.4) is 0 Å². The van der Waals surface area contributed by atoms with Gasteiger partial charge in [0.25, 0.3) is 0 Å². The zero-order valence-corrected chi connectivity index (χ0v) is 17.7. The van der Waals surface area contributed by atoms with Gasteiger partial charge >= 0.3 is 5.97 Å². The summed E-state index contributed by atoms with van der Waals surface area (Å²) in [6.07, 6.45) is 8.35. The van der Waals surface area contributed by atoms with Crippen molar-refractivity contribution in [1.82, 2.24) is 0 Å². The standard InChI is InChI=1S/C23H31NO4S/c1-24-19-15-21(26)23(18(19)7-5-3-4-6-8-22(27)28)17-11-9-16(10-12-17)20(25)13-14-29-2/h3,5,9-12,18-21,23,25-26H,4,6-8,13-15H2,2H3,(H,27,28)/b5-3-/t18?,19-,20?,21-,23?/m1/s1. The van der Waals surface area contributed by atoms with E-state index in [0.29, 0.717) is 32.1 Å². The predicted octanol–water partition coefficient (Wildman–Crippen LogP) is 4.43. The van der Waals surface area contributed by atoms with Crippen molar-refractivity contribution < 1.29 is 20.1 Å². The van der Waals surface area contributed by atoms with E-state index in [1.165, 1.54) is 0 Å². The molecular weight excluding hydrogens is 386 g/mol. The summed E-state index contributed by atoms with van der Waals surface area (Å²) in [4.78, 5) is 14.3. The molecule has 1 aromatic rings. The van der Waals surface area contributed by atoms with Gasteiger partial charge in [-0.1, -0.05) is 36.4 Å². The van der Waals surface area contributed by atoms with Gasteiger partial charge in [-0.2, -0.15) is 11.8 Å². The van der Waals surface area contributed by atoms with E-state index in [9.17, 15) is 15.0 Å². The van der Waals surface area contributed by atoms with E-state index in [1.807, 2.05) is 42.7 Å². The van der Waals surface area contributed by atoms with Gasteiger partial charge in [0.1, 0.15) is 0 Å². The Kier molecular flexibility index (Phi) is 9.72. The summed E-state index contributed by atoms with van der Waals surface area (Å²) in [5, 5.41) is 29.6. The minimum Gasteiger partial charge on any atom is -0.481 e. The molecule has 0 spiro atoms. The van der Waals surface area contributed by atoms with Crippen LogP contribution in [-0.4, -0.2) is 45.4 Å². The van der Waals surface area contributed by atoms with Crippen LogP contribution in [0.1, 0.15) is 61.7 Å². The summed E-state index contributed by atoms with van der Waals surface area (Å²) in [5.41, 5.74) is 1.89. The average Bonchev–Trinajstić information content (AvgIpc) is 3.03. The number of rotatable bonds is 11. The van der Waals surface area contributed by atoms with Crippen LogP contribution in [-0.2, 0) is 4.79 Å². The highest BCUT2D eigenvalue weighted by atomic mass is 32.2. The number of aliphatic hydroxyl groups is 2. The monoisotopic (exact) mass is 417 g/mol. The Labute approximate surface area is 177 Å². The maximum Gasteiger partial charge on any atom is 0.303 e. The highest BCUT2D eigenvalue weighted by Crippen LogP contribution is 2.44. The van der Waals surface area contributed by atoms with E-state index >= 15 is 0 Å². The fourth-order valence-corrected chi connectivity index (χ4v) is 4.55. The van der Waals surface area contributed by atoms with Crippen LogP contribution < -0.4 is 0 Å². The van der Waals surface area contributed by atoms with E-state index in [-0.39, 0.29) is 24.3 Å². The van der Waals surface area contributed by atoms with Crippen molar-refractivity contribution in [3.05, 3.63) is 59.0 Å². The lowest BCUT2D eigenvalue weighted by molar-refractivity contribution is -0.137. The number of nitrogens with zero attached hydrogens (tertiary/aromatic N) is 1. The lowest BCUT2D eigenvalue weighted by atomic mass is 9.83. The summed E-state index contributed by atoms with van der Waals surface area (Å²) in [7, 11) is 0. The van der Waals surface area contributed by atoms with E-state index < -0.39 is 18.2 Å².